The highest BCUT2D eigenvalue weighted by Gasteiger charge is 2.03. The molecule has 22 heavy (non-hydrogen) atoms. The summed E-state index contributed by atoms with van der Waals surface area (Å²) in [6, 6.07) is 16.6. The van der Waals surface area contributed by atoms with Crippen molar-refractivity contribution in [1.29, 1.82) is 0 Å². The average molecular weight is 296 g/mol. The van der Waals surface area contributed by atoms with Crippen LogP contribution in [0.15, 0.2) is 59.7 Å². The maximum Gasteiger partial charge on any atom is 0.271 e. The van der Waals surface area contributed by atoms with Crippen LogP contribution in [0.4, 0.5) is 0 Å². The highest BCUT2D eigenvalue weighted by molar-refractivity contribution is 5.95. The first-order valence-corrected chi connectivity index (χ1v) is 7.41. The van der Waals surface area contributed by atoms with Crippen LogP contribution < -0.4 is 10.2 Å². The Balaban J connectivity index is 1.96. The van der Waals surface area contributed by atoms with Crippen LogP contribution in [0, 0.1) is 0 Å². The molecule has 4 heteroatoms. The Morgan fingerprint density at radius 1 is 1.14 bits per heavy atom. The van der Waals surface area contributed by atoms with Gasteiger partial charge in [0.25, 0.3) is 5.91 Å². The molecule has 0 unspecified atom stereocenters. The predicted octanol–water partition coefficient (Wildman–Crippen LogP) is 3.63. The van der Waals surface area contributed by atoms with Crippen molar-refractivity contribution in [3.8, 4) is 5.75 Å². The van der Waals surface area contributed by atoms with Crippen molar-refractivity contribution in [2.24, 2.45) is 5.10 Å². The third-order valence-corrected chi connectivity index (χ3v) is 3.08. The molecular formula is C18H20N2O2. The van der Waals surface area contributed by atoms with Crippen molar-refractivity contribution in [3.63, 3.8) is 0 Å². The average Bonchev–Trinajstić information content (AvgIpc) is 2.57. The number of hydrogen-bond acceptors (Lipinski definition) is 3. The second-order valence-electron chi connectivity index (χ2n) is 4.80. The summed E-state index contributed by atoms with van der Waals surface area (Å²) in [5.41, 5.74) is 3.93. The van der Waals surface area contributed by atoms with Gasteiger partial charge in [0.15, 0.2) is 0 Å². The number of para-hydroxylation sites is 1. The van der Waals surface area contributed by atoms with Crippen molar-refractivity contribution >= 4 is 12.1 Å². The van der Waals surface area contributed by atoms with Gasteiger partial charge >= 0.3 is 0 Å². The van der Waals surface area contributed by atoms with E-state index >= 15 is 0 Å². The monoisotopic (exact) mass is 296 g/mol. The minimum absolute atomic E-state index is 0.235. The van der Waals surface area contributed by atoms with Crippen LogP contribution in [-0.4, -0.2) is 18.7 Å². The molecule has 1 N–H and O–H groups in total. The van der Waals surface area contributed by atoms with E-state index < -0.39 is 0 Å². The number of unbranched alkanes of at least 4 members (excludes halogenated alkanes) is 1. The first-order valence-electron chi connectivity index (χ1n) is 7.41. The Bertz CT molecular complexity index is 624. The van der Waals surface area contributed by atoms with Gasteiger partial charge in [0.05, 0.1) is 12.8 Å². The molecule has 0 aliphatic heterocycles. The van der Waals surface area contributed by atoms with Crippen molar-refractivity contribution in [2.45, 2.75) is 19.8 Å². The highest BCUT2D eigenvalue weighted by Crippen LogP contribution is 2.16. The lowest BCUT2D eigenvalue weighted by molar-refractivity contribution is 0.0955. The number of benzene rings is 2. The Morgan fingerprint density at radius 2 is 1.86 bits per heavy atom. The predicted molar refractivity (Wildman–Crippen MR) is 88.3 cm³/mol. The van der Waals surface area contributed by atoms with E-state index in [1.54, 1.807) is 18.3 Å². The van der Waals surface area contributed by atoms with Gasteiger partial charge in [-0.1, -0.05) is 43.7 Å². The molecule has 114 valence electrons. The Labute approximate surface area is 130 Å². The number of carbonyl (C=O) groups is 1. The molecule has 0 fully saturated rings. The summed E-state index contributed by atoms with van der Waals surface area (Å²) in [6.07, 6.45) is 3.70. The molecule has 0 heterocycles. The SMILES string of the molecule is CCCCOc1ccccc1C=NNC(=O)c1ccccc1. The Kier molecular flexibility index (Phi) is 6.18. The minimum atomic E-state index is -0.235. The zero-order valence-corrected chi connectivity index (χ0v) is 12.7. The molecule has 2 aromatic rings. The molecule has 0 aliphatic rings. The van der Waals surface area contributed by atoms with Gasteiger partial charge in [-0.05, 0) is 30.7 Å². The topological polar surface area (TPSA) is 50.7 Å². The normalized spacial score (nSPS) is 10.6. The maximum absolute atomic E-state index is 11.9. The zero-order valence-electron chi connectivity index (χ0n) is 12.7. The quantitative estimate of drug-likeness (QED) is 0.482. The van der Waals surface area contributed by atoms with Gasteiger partial charge < -0.3 is 4.74 Å². The van der Waals surface area contributed by atoms with Crippen LogP contribution >= 0.6 is 0 Å². The van der Waals surface area contributed by atoms with Gasteiger partial charge in [0, 0.05) is 11.1 Å². The van der Waals surface area contributed by atoms with Crippen LogP contribution in [0.1, 0.15) is 35.7 Å². The number of amides is 1. The molecule has 0 saturated carbocycles. The molecule has 0 saturated heterocycles. The van der Waals surface area contributed by atoms with Crippen LogP contribution in [0.25, 0.3) is 0 Å². The molecule has 0 spiro atoms. The van der Waals surface area contributed by atoms with Crippen LogP contribution in [0.3, 0.4) is 0 Å². The number of nitrogens with zero attached hydrogens (tertiary/aromatic N) is 1. The molecule has 4 nitrogen and oxygen atoms in total. The van der Waals surface area contributed by atoms with Crippen LogP contribution in [0.5, 0.6) is 5.75 Å². The zero-order chi connectivity index (χ0) is 15.6. The highest BCUT2D eigenvalue weighted by atomic mass is 16.5. The number of nitrogens with one attached hydrogen (secondary N) is 1. The smallest absolute Gasteiger partial charge is 0.271 e. The van der Waals surface area contributed by atoms with E-state index in [9.17, 15) is 4.79 Å². The van der Waals surface area contributed by atoms with Gasteiger partial charge in [-0.2, -0.15) is 5.10 Å². The number of rotatable bonds is 7. The second-order valence-corrected chi connectivity index (χ2v) is 4.80. The molecule has 1 amide bonds. The molecule has 0 bridgehead atoms. The molecular weight excluding hydrogens is 276 g/mol. The van der Waals surface area contributed by atoms with Crippen LogP contribution in [0.2, 0.25) is 0 Å². The number of ether oxygens (including phenoxy) is 1. The van der Waals surface area contributed by atoms with Crippen LogP contribution in [-0.2, 0) is 0 Å². The van der Waals surface area contributed by atoms with E-state index in [0.29, 0.717) is 12.2 Å². The summed E-state index contributed by atoms with van der Waals surface area (Å²) < 4.78 is 5.72. The van der Waals surface area contributed by atoms with Crippen molar-refractivity contribution in [2.75, 3.05) is 6.61 Å². The molecule has 2 aromatic carbocycles. The molecule has 0 aromatic heterocycles. The Morgan fingerprint density at radius 3 is 2.64 bits per heavy atom. The first-order chi connectivity index (χ1) is 10.8. The van der Waals surface area contributed by atoms with Crippen molar-refractivity contribution in [3.05, 3.63) is 65.7 Å². The van der Waals surface area contributed by atoms with Crippen molar-refractivity contribution < 1.29 is 9.53 Å². The summed E-state index contributed by atoms with van der Waals surface area (Å²) in [5, 5.41) is 4.00. The van der Waals surface area contributed by atoms with Gasteiger partial charge in [-0.15, -0.1) is 0 Å². The summed E-state index contributed by atoms with van der Waals surface area (Å²) in [6.45, 7) is 2.80. The van der Waals surface area contributed by atoms with E-state index in [4.69, 9.17) is 4.74 Å². The fraction of sp³-hybridized carbons (Fsp3) is 0.222. The van der Waals surface area contributed by atoms with Gasteiger partial charge in [-0.25, -0.2) is 5.43 Å². The van der Waals surface area contributed by atoms with E-state index in [0.717, 1.165) is 24.2 Å². The lowest BCUT2D eigenvalue weighted by Gasteiger charge is -2.08. The van der Waals surface area contributed by atoms with E-state index in [2.05, 4.69) is 17.5 Å². The maximum atomic E-state index is 11.9. The molecule has 0 radical (unpaired) electrons. The minimum Gasteiger partial charge on any atom is -0.493 e. The van der Waals surface area contributed by atoms with E-state index in [1.807, 2.05) is 42.5 Å². The standard InChI is InChI=1S/C18H20N2O2/c1-2-3-13-22-17-12-8-7-11-16(17)14-19-20-18(21)15-9-5-4-6-10-15/h4-12,14H,2-3,13H2,1H3,(H,20,21). The molecule has 0 aliphatic carbocycles. The van der Waals surface area contributed by atoms with Gasteiger partial charge in [-0.3, -0.25) is 4.79 Å². The Hall–Kier alpha value is -2.62. The first kappa shape index (κ1) is 15.8. The lowest BCUT2D eigenvalue weighted by Crippen LogP contribution is -2.17. The molecule has 2 rings (SSSR count). The fourth-order valence-corrected chi connectivity index (χ4v) is 1.86. The number of hydrazone groups is 1. The van der Waals surface area contributed by atoms with Crippen molar-refractivity contribution in [1.82, 2.24) is 5.43 Å². The lowest BCUT2D eigenvalue weighted by atomic mass is 10.2. The summed E-state index contributed by atoms with van der Waals surface area (Å²) in [4.78, 5) is 11.9. The van der Waals surface area contributed by atoms with E-state index in [1.165, 1.54) is 0 Å². The molecule has 0 atom stereocenters. The second kappa shape index (κ2) is 8.62. The van der Waals surface area contributed by atoms with E-state index in [-0.39, 0.29) is 5.91 Å². The summed E-state index contributed by atoms with van der Waals surface area (Å²) >= 11 is 0. The summed E-state index contributed by atoms with van der Waals surface area (Å²) in [5.74, 6) is 0.537. The number of hydrogen-bond donors (Lipinski definition) is 1. The third kappa shape index (κ3) is 4.74. The van der Waals surface area contributed by atoms with Gasteiger partial charge in [0.2, 0.25) is 0 Å². The number of carbonyl (C=O) groups excluding carboxylic acids is 1. The summed E-state index contributed by atoms with van der Waals surface area (Å²) in [7, 11) is 0. The van der Waals surface area contributed by atoms with Gasteiger partial charge in [0.1, 0.15) is 5.75 Å². The largest absolute Gasteiger partial charge is 0.493 e. The fourth-order valence-electron chi connectivity index (χ4n) is 1.86. The third-order valence-electron chi connectivity index (χ3n) is 3.08.